The predicted molar refractivity (Wildman–Crippen MR) is 128 cm³/mol. The van der Waals surface area contributed by atoms with Crippen LogP contribution in [0.25, 0.3) is 0 Å². The second kappa shape index (κ2) is 10.6. The molecular weight excluding hydrogens is 388 g/mol. The maximum atomic E-state index is 12.3. The Balaban J connectivity index is 1.96. The van der Waals surface area contributed by atoms with Crippen molar-refractivity contribution in [2.24, 2.45) is 0 Å². The lowest BCUT2D eigenvalue weighted by molar-refractivity contribution is -0.123. The first-order valence-corrected chi connectivity index (χ1v) is 11.2. The summed E-state index contributed by atoms with van der Waals surface area (Å²) < 4.78 is 5.95. The maximum absolute atomic E-state index is 12.3. The van der Waals surface area contributed by atoms with Gasteiger partial charge in [-0.05, 0) is 47.4 Å². The van der Waals surface area contributed by atoms with E-state index in [1.54, 1.807) is 18.2 Å². The SMILES string of the molecule is CCC(C)(C)c1ccc(OCC(=O)NCCNc2cccc(O)c2)c(C(C)(C)CC)c1. The summed E-state index contributed by atoms with van der Waals surface area (Å²) in [6.07, 6.45) is 2.03. The maximum Gasteiger partial charge on any atom is 0.258 e. The molecule has 5 nitrogen and oxygen atoms in total. The number of amides is 1. The lowest BCUT2D eigenvalue weighted by Gasteiger charge is -2.30. The topological polar surface area (TPSA) is 70.6 Å². The van der Waals surface area contributed by atoms with Crippen molar-refractivity contribution in [1.29, 1.82) is 0 Å². The van der Waals surface area contributed by atoms with E-state index in [0.717, 1.165) is 29.8 Å². The molecule has 0 fully saturated rings. The highest BCUT2D eigenvalue weighted by molar-refractivity contribution is 5.77. The van der Waals surface area contributed by atoms with Crippen LogP contribution in [0, 0.1) is 0 Å². The van der Waals surface area contributed by atoms with Crippen LogP contribution in [-0.4, -0.2) is 30.7 Å². The molecule has 2 aromatic carbocycles. The Kier molecular flexibility index (Phi) is 8.37. The molecule has 5 heteroatoms. The van der Waals surface area contributed by atoms with Crippen LogP contribution in [0.1, 0.15) is 65.5 Å². The van der Waals surface area contributed by atoms with E-state index in [1.807, 2.05) is 12.1 Å². The van der Waals surface area contributed by atoms with Crippen LogP contribution in [0.15, 0.2) is 42.5 Å². The molecule has 2 aromatic rings. The summed E-state index contributed by atoms with van der Waals surface area (Å²) >= 11 is 0. The summed E-state index contributed by atoms with van der Waals surface area (Å²) in [6, 6.07) is 13.3. The van der Waals surface area contributed by atoms with E-state index in [0.29, 0.717) is 13.1 Å². The highest BCUT2D eigenvalue weighted by Crippen LogP contribution is 2.38. The van der Waals surface area contributed by atoms with Gasteiger partial charge in [0, 0.05) is 30.4 Å². The molecule has 0 bridgehead atoms. The van der Waals surface area contributed by atoms with Crippen LogP contribution < -0.4 is 15.4 Å². The highest BCUT2D eigenvalue weighted by atomic mass is 16.5. The van der Waals surface area contributed by atoms with Crippen molar-refractivity contribution in [3.63, 3.8) is 0 Å². The summed E-state index contributed by atoms with van der Waals surface area (Å²) in [5.41, 5.74) is 3.30. The zero-order chi connectivity index (χ0) is 23.1. The number of hydrogen-bond acceptors (Lipinski definition) is 4. The first-order valence-electron chi connectivity index (χ1n) is 11.2. The van der Waals surface area contributed by atoms with Crippen LogP contribution in [0.2, 0.25) is 0 Å². The molecule has 0 saturated carbocycles. The lowest BCUT2D eigenvalue weighted by atomic mass is 9.76. The molecular formula is C26H38N2O3. The number of rotatable bonds is 11. The van der Waals surface area contributed by atoms with Crippen molar-refractivity contribution in [1.82, 2.24) is 5.32 Å². The molecule has 0 unspecified atom stereocenters. The molecule has 0 saturated heterocycles. The quantitative estimate of drug-likeness (QED) is 0.422. The standard InChI is InChI=1S/C26H38N2O3/c1-7-25(3,4)19-12-13-23(22(16-19)26(5,6)8-2)31-18-24(30)28-15-14-27-20-10-9-11-21(29)17-20/h9-13,16-17,27,29H,7-8,14-15,18H2,1-6H3,(H,28,30). The molecule has 0 aliphatic rings. The van der Waals surface area contributed by atoms with Gasteiger partial charge in [-0.2, -0.15) is 0 Å². The molecule has 0 atom stereocenters. The van der Waals surface area contributed by atoms with Gasteiger partial charge in [0.15, 0.2) is 6.61 Å². The van der Waals surface area contributed by atoms with Gasteiger partial charge in [0.1, 0.15) is 11.5 Å². The Morgan fingerprint density at radius 3 is 2.32 bits per heavy atom. The van der Waals surface area contributed by atoms with E-state index in [1.165, 1.54) is 5.56 Å². The monoisotopic (exact) mass is 426 g/mol. The van der Waals surface area contributed by atoms with E-state index in [2.05, 4.69) is 64.3 Å². The average Bonchev–Trinajstić information content (AvgIpc) is 2.75. The van der Waals surface area contributed by atoms with Gasteiger partial charge < -0.3 is 20.5 Å². The minimum atomic E-state index is -0.157. The number of phenolic OH excluding ortho intramolecular Hbond substituents is 1. The fraction of sp³-hybridized carbons (Fsp3) is 0.500. The minimum absolute atomic E-state index is 0.0184. The largest absolute Gasteiger partial charge is 0.508 e. The molecule has 3 N–H and O–H groups in total. The normalized spacial score (nSPS) is 11.8. The van der Waals surface area contributed by atoms with Crippen LogP contribution in [0.4, 0.5) is 5.69 Å². The molecule has 0 aliphatic carbocycles. The third-order valence-corrected chi connectivity index (χ3v) is 6.24. The summed E-state index contributed by atoms with van der Waals surface area (Å²) in [4.78, 5) is 12.3. The van der Waals surface area contributed by atoms with Crippen LogP contribution in [-0.2, 0) is 15.6 Å². The van der Waals surface area contributed by atoms with Crippen molar-refractivity contribution in [3.05, 3.63) is 53.6 Å². The van der Waals surface area contributed by atoms with Crippen LogP contribution in [0.3, 0.4) is 0 Å². The van der Waals surface area contributed by atoms with Crippen LogP contribution in [0.5, 0.6) is 11.5 Å². The number of carbonyl (C=O) groups is 1. The third kappa shape index (κ3) is 6.91. The number of benzene rings is 2. The fourth-order valence-corrected chi connectivity index (χ4v) is 3.22. The Morgan fingerprint density at radius 2 is 1.68 bits per heavy atom. The highest BCUT2D eigenvalue weighted by Gasteiger charge is 2.26. The number of aromatic hydroxyl groups is 1. The van der Waals surface area contributed by atoms with Gasteiger partial charge >= 0.3 is 0 Å². The molecule has 2 rings (SSSR count). The van der Waals surface area contributed by atoms with Gasteiger partial charge in [-0.1, -0.05) is 59.7 Å². The third-order valence-electron chi connectivity index (χ3n) is 6.24. The van der Waals surface area contributed by atoms with Crippen molar-refractivity contribution in [2.75, 3.05) is 25.0 Å². The predicted octanol–water partition coefficient (Wildman–Crippen LogP) is 5.37. The molecule has 170 valence electrons. The summed E-state index contributed by atoms with van der Waals surface area (Å²) in [6.45, 7) is 14.3. The number of hydrogen-bond donors (Lipinski definition) is 3. The summed E-state index contributed by atoms with van der Waals surface area (Å²) in [7, 11) is 0. The number of nitrogens with one attached hydrogen (secondary N) is 2. The zero-order valence-corrected chi connectivity index (χ0v) is 19.8. The van der Waals surface area contributed by atoms with Gasteiger partial charge in [-0.3, -0.25) is 4.79 Å². The molecule has 0 aromatic heterocycles. The molecule has 31 heavy (non-hydrogen) atoms. The van der Waals surface area contributed by atoms with Gasteiger partial charge in [-0.25, -0.2) is 0 Å². The van der Waals surface area contributed by atoms with Crippen molar-refractivity contribution >= 4 is 11.6 Å². The van der Waals surface area contributed by atoms with Crippen molar-refractivity contribution in [3.8, 4) is 11.5 Å². The average molecular weight is 427 g/mol. The Hall–Kier alpha value is -2.69. The Labute approximate surface area is 187 Å². The Bertz CT molecular complexity index is 875. The van der Waals surface area contributed by atoms with Crippen molar-refractivity contribution < 1.29 is 14.6 Å². The smallest absolute Gasteiger partial charge is 0.258 e. The zero-order valence-electron chi connectivity index (χ0n) is 19.8. The number of anilines is 1. The molecule has 0 spiro atoms. The van der Waals surface area contributed by atoms with E-state index < -0.39 is 0 Å². The lowest BCUT2D eigenvalue weighted by Crippen LogP contribution is -2.33. The second-order valence-corrected chi connectivity index (χ2v) is 9.30. The minimum Gasteiger partial charge on any atom is -0.508 e. The number of phenols is 1. The Morgan fingerprint density at radius 1 is 0.968 bits per heavy atom. The van der Waals surface area contributed by atoms with Crippen LogP contribution >= 0.6 is 0 Å². The van der Waals surface area contributed by atoms with Gasteiger partial charge in [0.05, 0.1) is 0 Å². The van der Waals surface area contributed by atoms with E-state index >= 15 is 0 Å². The van der Waals surface area contributed by atoms with E-state index in [4.69, 9.17) is 4.74 Å². The van der Waals surface area contributed by atoms with Gasteiger partial charge in [0.25, 0.3) is 5.91 Å². The number of ether oxygens (including phenoxy) is 1. The number of carbonyl (C=O) groups excluding carboxylic acids is 1. The molecule has 0 radical (unpaired) electrons. The first kappa shape index (κ1) is 24.6. The van der Waals surface area contributed by atoms with Crippen molar-refractivity contribution in [2.45, 2.75) is 65.2 Å². The molecule has 0 heterocycles. The first-order chi connectivity index (χ1) is 14.6. The summed E-state index contributed by atoms with van der Waals surface area (Å²) in [5.74, 6) is 0.827. The van der Waals surface area contributed by atoms with Gasteiger partial charge in [-0.15, -0.1) is 0 Å². The summed E-state index contributed by atoms with van der Waals surface area (Å²) in [5, 5.41) is 15.5. The second-order valence-electron chi connectivity index (χ2n) is 9.30. The fourth-order valence-electron chi connectivity index (χ4n) is 3.22. The molecule has 1 amide bonds. The molecule has 0 aliphatic heterocycles. The van der Waals surface area contributed by atoms with E-state index in [9.17, 15) is 9.90 Å². The van der Waals surface area contributed by atoms with Gasteiger partial charge in [0.2, 0.25) is 0 Å². The van der Waals surface area contributed by atoms with E-state index in [-0.39, 0.29) is 29.1 Å².